The highest BCUT2D eigenvalue weighted by atomic mass is 32.2. The standard InChI is InChI=1S/C15H17N3O3S2/c1-10-15(18-13-5-3-2-4-12(13)16-10)22-8-14(19)17-11-6-7-23(20,21)9-11/h2-5,11H,6-9H2,1H3,(H,17,19)/t11-/m0/s1. The third-order valence-electron chi connectivity index (χ3n) is 3.64. The number of benzene rings is 1. The highest BCUT2D eigenvalue weighted by Gasteiger charge is 2.28. The molecule has 6 nitrogen and oxygen atoms in total. The lowest BCUT2D eigenvalue weighted by atomic mass is 10.3. The molecule has 1 aromatic heterocycles. The number of hydrogen-bond acceptors (Lipinski definition) is 6. The minimum atomic E-state index is -2.98. The first-order chi connectivity index (χ1) is 10.9. The molecule has 0 unspecified atom stereocenters. The van der Waals surface area contributed by atoms with Gasteiger partial charge in [0, 0.05) is 6.04 Å². The van der Waals surface area contributed by atoms with E-state index in [1.54, 1.807) is 0 Å². The number of hydrogen-bond donors (Lipinski definition) is 1. The maximum absolute atomic E-state index is 12.0. The fourth-order valence-electron chi connectivity index (χ4n) is 2.52. The molecule has 2 aromatic rings. The summed E-state index contributed by atoms with van der Waals surface area (Å²) in [6.45, 7) is 1.86. The monoisotopic (exact) mass is 351 g/mol. The van der Waals surface area contributed by atoms with Crippen molar-refractivity contribution in [1.29, 1.82) is 0 Å². The van der Waals surface area contributed by atoms with Crippen molar-refractivity contribution >= 4 is 38.5 Å². The van der Waals surface area contributed by atoms with Gasteiger partial charge in [-0.3, -0.25) is 4.79 Å². The Morgan fingerprint density at radius 2 is 2.00 bits per heavy atom. The molecule has 1 atom stereocenters. The van der Waals surface area contributed by atoms with Gasteiger partial charge in [0.1, 0.15) is 5.03 Å². The molecule has 1 amide bonds. The van der Waals surface area contributed by atoms with Gasteiger partial charge >= 0.3 is 0 Å². The van der Waals surface area contributed by atoms with Gasteiger partial charge in [-0.15, -0.1) is 0 Å². The number of aromatic nitrogens is 2. The zero-order valence-electron chi connectivity index (χ0n) is 12.7. The number of fused-ring (bicyclic) bond motifs is 1. The van der Waals surface area contributed by atoms with Crippen LogP contribution in [-0.4, -0.2) is 47.6 Å². The second-order valence-corrected chi connectivity index (χ2v) is 8.75. The molecule has 1 aliphatic rings. The number of aryl methyl sites for hydroxylation is 1. The minimum Gasteiger partial charge on any atom is -0.352 e. The first-order valence-electron chi connectivity index (χ1n) is 7.29. The second-order valence-electron chi connectivity index (χ2n) is 5.56. The van der Waals surface area contributed by atoms with Gasteiger partial charge in [-0.25, -0.2) is 18.4 Å². The van der Waals surface area contributed by atoms with Crippen LogP contribution in [0, 0.1) is 6.92 Å². The predicted octanol–water partition coefficient (Wildman–Crippen LogP) is 1.33. The van der Waals surface area contributed by atoms with Gasteiger partial charge in [0.15, 0.2) is 9.84 Å². The van der Waals surface area contributed by atoms with Crippen molar-refractivity contribution in [3.05, 3.63) is 30.0 Å². The lowest BCUT2D eigenvalue weighted by molar-refractivity contribution is -0.119. The van der Waals surface area contributed by atoms with Crippen LogP contribution in [0.2, 0.25) is 0 Å². The highest BCUT2D eigenvalue weighted by molar-refractivity contribution is 8.00. The van der Waals surface area contributed by atoms with Gasteiger partial charge in [-0.05, 0) is 25.5 Å². The smallest absolute Gasteiger partial charge is 0.230 e. The Labute approximate surface area is 139 Å². The van der Waals surface area contributed by atoms with Gasteiger partial charge < -0.3 is 5.32 Å². The fraction of sp³-hybridized carbons (Fsp3) is 0.400. The number of para-hydroxylation sites is 2. The largest absolute Gasteiger partial charge is 0.352 e. The maximum atomic E-state index is 12.0. The van der Waals surface area contributed by atoms with E-state index in [1.807, 2.05) is 31.2 Å². The topological polar surface area (TPSA) is 89.0 Å². The number of nitrogens with zero attached hydrogens (tertiary/aromatic N) is 2. The third kappa shape index (κ3) is 4.00. The molecular weight excluding hydrogens is 334 g/mol. The molecule has 23 heavy (non-hydrogen) atoms. The third-order valence-corrected chi connectivity index (χ3v) is 6.47. The van der Waals surface area contributed by atoms with Crippen molar-refractivity contribution in [1.82, 2.24) is 15.3 Å². The maximum Gasteiger partial charge on any atom is 0.230 e. The zero-order chi connectivity index (χ0) is 16.4. The molecule has 1 fully saturated rings. The Bertz CT molecular complexity index is 852. The summed E-state index contributed by atoms with van der Waals surface area (Å²) in [7, 11) is -2.98. The summed E-state index contributed by atoms with van der Waals surface area (Å²) in [5, 5.41) is 3.49. The number of nitrogens with one attached hydrogen (secondary N) is 1. The van der Waals surface area contributed by atoms with Crippen LogP contribution < -0.4 is 5.32 Å². The van der Waals surface area contributed by atoms with Crippen LogP contribution in [0.3, 0.4) is 0 Å². The number of carbonyl (C=O) groups excluding carboxylic acids is 1. The summed E-state index contributed by atoms with van der Waals surface area (Å²) in [6, 6.07) is 7.32. The lowest BCUT2D eigenvalue weighted by Crippen LogP contribution is -2.36. The molecule has 0 spiro atoms. The van der Waals surface area contributed by atoms with Crippen LogP contribution in [0.1, 0.15) is 12.1 Å². The molecule has 1 aliphatic heterocycles. The zero-order valence-corrected chi connectivity index (χ0v) is 14.3. The number of amides is 1. The number of thioether (sulfide) groups is 1. The number of sulfone groups is 1. The highest BCUT2D eigenvalue weighted by Crippen LogP contribution is 2.22. The van der Waals surface area contributed by atoms with E-state index < -0.39 is 9.84 Å². The van der Waals surface area contributed by atoms with Crippen molar-refractivity contribution in [3.63, 3.8) is 0 Å². The quantitative estimate of drug-likeness (QED) is 0.836. The number of carbonyl (C=O) groups is 1. The van der Waals surface area contributed by atoms with Crippen LogP contribution in [-0.2, 0) is 14.6 Å². The van der Waals surface area contributed by atoms with Gasteiger partial charge in [-0.2, -0.15) is 0 Å². The molecule has 1 N–H and O–H groups in total. The Hall–Kier alpha value is -1.67. The SMILES string of the molecule is Cc1nc2ccccc2nc1SCC(=O)N[C@H]1CCS(=O)(=O)C1. The predicted molar refractivity (Wildman–Crippen MR) is 90.2 cm³/mol. The molecule has 0 aliphatic carbocycles. The average Bonchev–Trinajstić information content (AvgIpc) is 2.84. The molecule has 122 valence electrons. The van der Waals surface area contributed by atoms with E-state index in [-0.39, 0.29) is 29.2 Å². The first-order valence-corrected chi connectivity index (χ1v) is 10.1. The average molecular weight is 351 g/mol. The minimum absolute atomic E-state index is 0.0399. The molecule has 3 rings (SSSR count). The van der Waals surface area contributed by atoms with E-state index in [1.165, 1.54) is 11.8 Å². The summed E-state index contributed by atoms with van der Waals surface area (Å²) < 4.78 is 22.8. The van der Waals surface area contributed by atoms with Gasteiger partial charge in [-0.1, -0.05) is 23.9 Å². The van der Waals surface area contributed by atoms with Gasteiger partial charge in [0.25, 0.3) is 0 Å². The van der Waals surface area contributed by atoms with E-state index >= 15 is 0 Å². The van der Waals surface area contributed by atoms with Crippen LogP contribution in [0.4, 0.5) is 0 Å². The van der Waals surface area contributed by atoms with Crippen molar-refractivity contribution < 1.29 is 13.2 Å². The van der Waals surface area contributed by atoms with Crippen LogP contribution >= 0.6 is 11.8 Å². The molecule has 0 radical (unpaired) electrons. The molecule has 8 heteroatoms. The molecule has 0 saturated carbocycles. The van der Waals surface area contributed by atoms with E-state index in [0.717, 1.165) is 21.8 Å². The summed E-state index contributed by atoms with van der Waals surface area (Å²) in [4.78, 5) is 21.0. The van der Waals surface area contributed by atoms with Crippen molar-refractivity contribution in [2.75, 3.05) is 17.3 Å². The molecular formula is C15H17N3O3S2. The van der Waals surface area contributed by atoms with Crippen molar-refractivity contribution in [3.8, 4) is 0 Å². The lowest BCUT2D eigenvalue weighted by Gasteiger charge is -2.11. The van der Waals surface area contributed by atoms with Crippen molar-refractivity contribution in [2.45, 2.75) is 24.4 Å². The normalized spacial score (nSPS) is 19.8. The van der Waals surface area contributed by atoms with Gasteiger partial charge in [0.05, 0.1) is 34.0 Å². The van der Waals surface area contributed by atoms with Gasteiger partial charge in [0.2, 0.25) is 5.91 Å². The fourth-order valence-corrected chi connectivity index (χ4v) is 4.96. The van der Waals surface area contributed by atoms with Crippen LogP contribution in [0.5, 0.6) is 0 Å². The summed E-state index contributed by atoms with van der Waals surface area (Å²) in [6.07, 6.45) is 0.494. The van der Waals surface area contributed by atoms with E-state index in [0.29, 0.717) is 6.42 Å². The summed E-state index contributed by atoms with van der Waals surface area (Å²) in [5.41, 5.74) is 2.41. The summed E-state index contributed by atoms with van der Waals surface area (Å²) in [5.74, 6) is 0.217. The molecule has 1 saturated heterocycles. The Morgan fingerprint density at radius 1 is 1.30 bits per heavy atom. The second kappa shape index (κ2) is 6.45. The van der Waals surface area contributed by atoms with Crippen LogP contribution in [0.15, 0.2) is 29.3 Å². The van der Waals surface area contributed by atoms with E-state index in [9.17, 15) is 13.2 Å². The first kappa shape index (κ1) is 16.2. The Balaban J connectivity index is 1.62. The molecule has 0 bridgehead atoms. The van der Waals surface area contributed by atoms with Crippen molar-refractivity contribution in [2.24, 2.45) is 0 Å². The molecule has 2 heterocycles. The Morgan fingerprint density at radius 3 is 2.65 bits per heavy atom. The molecule has 1 aromatic carbocycles. The Kier molecular flexibility index (Phi) is 4.54. The number of rotatable bonds is 4. The van der Waals surface area contributed by atoms with E-state index in [4.69, 9.17) is 0 Å². The van der Waals surface area contributed by atoms with Crippen LogP contribution in [0.25, 0.3) is 11.0 Å². The van der Waals surface area contributed by atoms with E-state index in [2.05, 4.69) is 15.3 Å². The summed E-state index contributed by atoms with van der Waals surface area (Å²) >= 11 is 1.32.